The minimum Gasteiger partial charge on any atom is -0.410 e. The van der Waals surface area contributed by atoms with Crippen LogP contribution in [0.4, 0.5) is 9.18 Å². The van der Waals surface area contributed by atoms with E-state index in [2.05, 4.69) is 5.32 Å². The van der Waals surface area contributed by atoms with Gasteiger partial charge in [0.2, 0.25) is 5.91 Å². The van der Waals surface area contributed by atoms with Crippen molar-refractivity contribution in [1.82, 2.24) is 10.2 Å². The van der Waals surface area contributed by atoms with Gasteiger partial charge in [0.15, 0.2) is 0 Å². The number of hydrogen-bond donors (Lipinski definition) is 2. The van der Waals surface area contributed by atoms with E-state index in [0.29, 0.717) is 13.1 Å². The Kier molecular flexibility index (Phi) is 3.96. The van der Waals surface area contributed by atoms with E-state index < -0.39 is 23.9 Å². The molecule has 0 bridgehead atoms. The van der Waals surface area contributed by atoms with E-state index in [0.717, 1.165) is 6.07 Å². The lowest BCUT2D eigenvalue weighted by Crippen LogP contribution is -2.59. The molecule has 3 N–H and O–H groups in total. The van der Waals surface area contributed by atoms with Gasteiger partial charge in [0.05, 0.1) is 0 Å². The summed E-state index contributed by atoms with van der Waals surface area (Å²) in [6.45, 7) is 1.14. The third kappa shape index (κ3) is 3.19. The number of ether oxygens (including phenoxy) is 1. The minimum absolute atomic E-state index is 0.0896. The minimum atomic E-state index is -0.755. The van der Waals surface area contributed by atoms with Crippen molar-refractivity contribution in [2.45, 2.75) is 6.04 Å². The molecule has 1 saturated heterocycles. The van der Waals surface area contributed by atoms with Crippen LogP contribution in [0.5, 0.6) is 5.75 Å². The number of primary amides is 1. The van der Waals surface area contributed by atoms with Crippen LogP contribution < -0.4 is 15.8 Å². The fourth-order valence-corrected chi connectivity index (χ4v) is 1.87. The van der Waals surface area contributed by atoms with Gasteiger partial charge >= 0.3 is 6.09 Å². The number of halogens is 1. The summed E-state index contributed by atoms with van der Waals surface area (Å²) in [5, 5.41) is 2.96. The standard InChI is InChI=1S/C12H14FN3O3/c13-8-2-1-3-9(6-8)19-12(18)16-5-4-15-7-10(16)11(14)17/h1-3,6,10,15H,4-5,7H2,(H2,14,17). The second-order valence-electron chi connectivity index (χ2n) is 4.14. The van der Waals surface area contributed by atoms with Gasteiger partial charge in [-0.05, 0) is 12.1 Å². The monoisotopic (exact) mass is 267 g/mol. The Morgan fingerprint density at radius 3 is 2.95 bits per heavy atom. The molecule has 1 aliphatic rings. The second kappa shape index (κ2) is 5.66. The lowest BCUT2D eigenvalue weighted by atomic mass is 10.2. The molecule has 0 radical (unpaired) electrons. The number of hydrogen-bond acceptors (Lipinski definition) is 4. The highest BCUT2D eigenvalue weighted by atomic mass is 19.1. The molecule has 1 fully saturated rings. The zero-order valence-corrected chi connectivity index (χ0v) is 10.1. The van der Waals surface area contributed by atoms with Crippen LogP contribution >= 0.6 is 0 Å². The van der Waals surface area contributed by atoms with E-state index in [4.69, 9.17) is 10.5 Å². The number of nitrogens with one attached hydrogen (secondary N) is 1. The van der Waals surface area contributed by atoms with Gasteiger partial charge in [-0.15, -0.1) is 0 Å². The molecule has 0 saturated carbocycles. The fraction of sp³-hybridized carbons (Fsp3) is 0.333. The molecule has 7 heteroatoms. The molecule has 102 valence electrons. The Labute approximate surface area is 109 Å². The van der Waals surface area contributed by atoms with Gasteiger partial charge in [-0.25, -0.2) is 9.18 Å². The Bertz CT molecular complexity index is 495. The lowest BCUT2D eigenvalue weighted by molar-refractivity contribution is -0.123. The van der Waals surface area contributed by atoms with Crippen molar-refractivity contribution in [3.05, 3.63) is 30.1 Å². The van der Waals surface area contributed by atoms with E-state index in [1.165, 1.54) is 23.1 Å². The SMILES string of the molecule is NC(=O)C1CNCCN1C(=O)Oc1cccc(F)c1. The molecule has 1 heterocycles. The predicted octanol–water partition coefficient (Wildman–Crippen LogP) is 0.0836. The van der Waals surface area contributed by atoms with Gasteiger partial charge in [0, 0.05) is 25.7 Å². The topological polar surface area (TPSA) is 84.7 Å². The number of amides is 2. The highest BCUT2D eigenvalue weighted by Gasteiger charge is 2.31. The van der Waals surface area contributed by atoms with Crippen molar-refractivity contribution >= 4 is 12.0 Å². The smallest absolute Gasteiger partial charge is 0.410 e. The van der Waals surface area contributed by atoms with Crippen molar-refractivity contribution in [2.75, 3.05) is 19.6 Å². The van der Waals surface area contributed by atoms with Crippen molar-refractivity contribution in [1.29, 1.82) is 0 Å². The molecule has 1 atom stereocenters. The first-order valence-corrected chi connectivity index (χ1v) is 5.82. The van der Waals surface area contributed by atoms with E-state index in [1.807, 2.05) is 0 Å². The van der Waals surface area contributed by atoms with Crippen molar-refractivity contribution in [3.63, 3.8) is 0 Å². The van der Waals surface area contributed by atoms with Crippen LogP contribution in [0.25, 0.3) is 0 Å². The van der Waals surface area contributed by atoms with Gasteiger partial charge in [0.25, 0.3) is 0 Å². The Morgan fingerprint density at radius 2 is 2.26 bits per heavy atom. The van der Waals surface area contributed by atoms with Gasteiger partial charge in [-0.3, -0.25) is 9.69 Å². The Morgan fingerprint density at radius 1 is 1.47 bits per heavy atom. The van der Waals surface area contributed by atoms with Gasteiger partial charge in [-0.1, -0.05) is 6.07 Å². The van der Waals surface area contributed by atoms with Crippen LogP contribution in [0.15, 0.2) is 24.3 Å². The average molecular weight is 267 g/mol. The number of benzene rings is 1. The molecule has 1 aliphatic heterocycles. The van der Waals surface area contributed by atoms with Crippen LogP contribution in [0.1, 0.15) is 0 Å². The molecule has 2 rings (SSSR count). The first kappa shape index (κ1) is 13.3. The van der Waals surface area contributed by atoms with Crippen LogP contribution in [-0.2, 0) is 4.79 Å². The zero-order chi connectivity index (χ0) is 13.8. The van der Waals surface area contributed by atoms with Crippen LogP contribution in [-0.4, -0.2) is 42.6 Å². The second-order valence-corrected chi connectivity index (χ2v) is 4.14. The van der Waals surface area contributed by atoms with Gasteiger partial charge in [-0.2, -0.15) is 0 Å². The maximum Gasteiger partial charge on any atom is 0.416 e. The zero-order valence-electron chi connectivity index (χ0n) is 10.1. The quantitative estimate of drug-likeness (QED) is 0.795. The Hall–Kier alpha value is -2.15. The molecule has 0 spiro atoms. The van der Waals surface area contributed by atoms with Gasteiger partial charge in [0.1, 0.15) is 17.6 Å². The van der Waals surface area contributed by atoms with E-state index in [-0.39, 0.29) is 12.3 Å². The number of piperazine rings is 1. The van der Waals surface area contributed by atoms with Crippen LogP contribution in [0, 0.1) is 5.82 Å². The molecule has 0 aliphatic carbocycles. The summed E-state index contributed by atoms with van der Waals surface area (Å²) < 4.78 is 18.0. The number of nitrogens with two attached hydrogens (primary N) is 1. The average Bonchev–Trinajstić information content (AvgIpc) is 2.38. The molecule has 0 aromatic heterocycles. The summed E-state index contributed by atoms with van der Waals surface area (Å²) in [6.07, 6.45) is -0.712. The predicted molar refractivity (Wildman–Crippen MR) is 65.0 cm³/mol. The lowest BCUT2D eigenvalue weighted by Gasteiger charge is -2.33. The van der Waals surface area contributed by atoms with E-state index in [1.54, 1.807) is 0 Å². The number of carbonyl (C=O) groups excluding carboxylic acids is 2. The Balaban J connectivity index is 2.07. The number of rotatable bonds is 2. The maximum atomic E-state index is 13.0. The fourth-order valence-electron chi connectivity index (χ4n) is 1.87. The first-order valence-electron chi connectivity index (χ1n) is 5.82. The van der Waals surface area contributed by atoms with E-state index in [9.17, 15) is 14.0 Å². The van der Waals surface area contributed by atoms with Crippen LogP contribution in [0.2, 0.25) is 0 Å². The third-order valence-electron chi connectivity index (χ3n) is 2.81. The molecule has 1 unspecified atom stereocenters. The number of nitrogens with zero attached hydrogens (tertiary/aromatic N) is 1. The largest absolute Gasteiger partial charge is 0.416 e. The molecule has 19 heavy (non-hydrogen) atoms. The van der Waals surface area contributed by atoms with Crippen molar-refractivity contribution in [2.24, 2.45) is 5.73 Å². The summed E-state index contributed by atoms with van der Waals surface area (Å²) in [6, 6.07) is 4.48. The summed E-state index contributed by atoms with van der Waals surface area (Å²) in [7, 11) is 0. The maximum absolute atomic E-state index is 13.0. The van der Waals surface area contributed by atoms with Crippen LogP contribution in [0.3, 0.4) is 0 Å². The molecule has 1 aromatic rings. The summed E-state index contributed by atoms with van der Waals surface area (Å²) in [5.41, 5.74) is 5.22. The van der Waals surface area contributed by atoms with Crippen molar-refractivity contribution < 1.29 is 18.7 Å². The van der Waals surface area contributed by atoms with Gasteiger partial charge < -0.3 is 15.8 Å². The molecule has 1 aromatic carbocycles. The van der Waals surface area contributed by atoms with Crippen molar-refractivity contribution in [3.8, 4) is 5.75 Å². The summed E-state index contributed by atoms with van der Waals surface area (Å²) in [4.78, 5) is 24.4. The highest BCUT2D eigenvalue weighted by molar-refractivity contribution is 5.85. The summed E-state index contributed by atoms with van der Waals surface area (Å²) >= 11 is 0. The number of carbonyl (C=O) groups is 2. The molecular formula is C12H14FN3O3. The highest BCUT2D eigenvalue weighted by Crippen LogP contribution is 2.14. The first-order chi connectivity index (χ1) is 9.08. The molecule has 2 amide bonds. The molecule has 6 nitrogen and oxygen atoms in total. The normalized spacial score (nSPS) is 19.0. The third-order valence-corrected chi connectivity index (χ3v) is 2.81. The van der Waals surface area contributed by atoms with E-state index >= 15 is 0 Å². The summed E-state index contributed by atoms with van der Waals surface area (Å²) in [5.74, 6) is -1.02. The molecular weight excluding hydrogens is 253 g/mol.